The van der Waals surface area contributed by atoms with Crippen LogP contribution in [0.2, 0.25) is 0 Å². The Hall–Kier alpha value is -3.92. The number of amides is 1. The van der Waals surface area contributed by atoms with Gasteiger partial charge in [-0.05, 0) is 68.0 Å². The monoisotopic (exact) mass is 469 g/mol. The van der Waals surface area contributed by atoms with Crippen LogP contribution in [0.4, 0.5) is 0 Å². The number of furan rings is 1. The van der Waals surface area contributed by atoms with E-state index in [1.54, 1.807) is 13.2 Å². The third-order valence-corrected chi connectivity index (χ3v) is 6.94. The maximum Gasteiger partial charge on any atom is 0.339 e. The van der Waals surface area contributed by atoms with Gasteiger partial charge in [0.2, 0.25) is 0 Å². The number of allylic oxidation sites excluding steroid dienone is 1. The topological polar surface area (TPSA) is 105 Å². The number of carbonyl (C=O) groups is 2. The van der Waals surface area contributed by atoms with Crippen molar-refractivity contribution in [3.8, 4) is 6.07 Å². The molecule has 35 heavy (non-hydrogen) atoms. The lowest BCUT2D eigenvalue weighted by Gasteiger charge is -2.32. The van der Waals surface area contributed by atoms with E-state index in [0.29, 0.717) is 35.7 Å². The van der Waals surface area contributed by atoms with E-state index >= 15 is 0 Å². The molecule has 7 heteroatoms. The molecular weight excluding hydrogens is 442 g/mol. The largest absolute Gasteiger partial charge is 0.465 e. The minimum absolute atomic E-state index is 0.445. The van der Waals surface area contributed by atoms with Gasteiger partial charge in [0.15, 0.2) is 6.10 Å². The smallest absolute Gasteiger partial charge is 0.339 e. The zero-order valence-corrected chi connectivity index (χ0v) is 19.7. The maximum absolute atomic E-state index is 13.5. The summed E-state index contributed by atoms with van der Waals surface area (Å²) in [6.07, 6.45) is 7.97. The summed E-state index contributed by atoms with van der Waals surface area (Å²) < 4.78 is 11.1. The zero-order valence-electron chi connectivity index (χ0n) is 19.7. The molecule has 178 valence electrons. The number of ether oxygens (including phenoxy) is 1. The van der Waals surface area contributed by atoms with Crippen LogP contribution in [-0.4, -0.2) is 28.5 Å². The standard InChI is InChI=1S/C28H27N3O4/c1-18(26(32)31-28(17-29)13-5-2-6-14-28)35-27(33)24-21-9-3-4-10-23(21)30-25-19(11-12-22(24)25)16-20-8-7-15-34-20/h3-4,7-10,15-16,18H,2,5-6,11-14H2,1H3,(H,31,32)/b19-16-/t18-/m1/s1. The van der Waals surface area contributed by atoms with Crippen LogP contribution in [0.3, 0.4) is 0 Å². The Balaban J connectivity index is 1.44. The molecule has 2 aliphatic carbocycles. The second kappa shape index (κ2) is 9.38. The quantitative estimate of drug-likeness (QED) is 0.515. The highest BCUT2D eigenvalue weighted by atomic mass is 16.5. The van der Waals surface area contributed by atoms with Crippen LogP contribution < -0.4 is 5.32 Å². The van der Waals surface area contributed by atoms with Crippen LogP contribution in [0.5, 0.6) is 0 Å². The van der Waals surface area contributed by atoms with Gasteiger partial charge in [-0.2, -0.15) is 5.26 Å². The lowest BCUT2D eigenvalue weighted by molar-refractivity contribution is -0.130. The second-order valence-corrected chi connectivity index (χ2v) is 9.31. The molecule has 2 aliphatic rings. The lowest BCUT2D eigenvalue weighted by Crippen LogP contribution is -2.52. The SMILES string of the molecule is C[C@@H](OC(=O)c1c2c(nc3ccccc13)/C(=C\c1ccco1)CC2)C(=O)NC1(C#N)CCCCC1. The molecule has 0 spiro atoms. The van der Waals surface area contributed by atoms with Crippen molar-refractivity contribution >= 4 is 34.4 Å². The summed E-state index contributed by atoms with van der Waals surface area (Å²) in [5.74, 6) is -0.280. The first kappa shape index (κ1) is 22.9. The normalized spacial score (nSPS) is 18.6. The molecule has 3 aromatic rings. The number of nitrogens with zero attached hydrogens (tertiary/aromatic N) is 2. The third-order valence-electron chi connectivity index (χ3n) is 6.94. The molecule has 1 saturated carbocycles. The summed E-state index contributed by atoms with van der Waals surface area (Å²) in [7, 11) is 0. The third kappa shape index (κ3) is 4.44. The van der Waals surface area contributed by atoms with Gasteiger partial charge in [0.1, 0.15) is 11.3 Å². The van der Waals surface area contributed by atoms with E-state index in [4.69, 9.17) is 14.1 Å². The molecule has 1 amide bonds. The highest BCUT2D eigenvalue weighted by Gasteiger charge is 2.36. The molecule has 5 rings (SSSR count). The number of nitrogens with one attached hydrogen (secondary N) is 1. The minimum atomic E-state index is -1.03. The average Bonchev–Trinajstić information content (AvgIpc) is 3.53. The minimum Gasteiger partial charge on any atom is -0.465 e. The first-order chi connectivity index (χ1) is 17.0. The molecule has 0 bridgehead atoms. The number of nitriles is 1. The fraction of sp³-hybridized carbons (Fsp3) is 0.357. The van der Waals surface area contributed by atoms with Gasteiger partial charge in [-0.1, -0.05) is 37.5 Å². The Bertz CT molecular complexity index is 1340. The van der Waals surface area contributed by atoms with Crippen molar-refractivity contribution in [1.82, 2.24) is 10.3 Å². The molecular formula is C28H27N3O4. The van der Waals surface area contributed by atoms with Crippen LogP contribution in [0, 0.1) is 11.3 Å². The van der Waals surface area contributed by atoms with Gasteiger partial charge in [0.05, 0.1) is 29.1 Å². The molecule has 0 saturated heterocycles. The van der Waals surface area contributed by atoms with E-state index in [9.17, 15) is 14.9 Å². The highest BCUT2D eigenvalue weighted by Crippen LogP contribution is 2.38. The van der Waals surface area contributed by atoms with Crippen molar-refractivity contribution in [2.24, 2.45) is 0 Å². The Morgan fingerprint density at radius 3 is 2.71 bits per heavy atom. The van der Waals surface area contributed by atoms with Crippen LogP contribution in [-0.2, 0) is 16.0 Å². The summed E-state index contributed by atoms with van der Waals surface area (Å²) in [5, 5.41) is 13.2. The van der Waals surface area contributed by atoms with E-state index in [0.717, 1.165) is 48.3 Å². The molecule has 1 aromatic carbocycles. The number of aromatic nitrogens is 1. The number of rotatable bonds is 5. The molecule has 2 aromatic heterocycles. The van der Waals surface area contributed by atoms with E-state index in [-0.39, 0.29) is 0 Å². The van der Waals surface area contributed by atoms with Crippen molar-refractivity contribution in [2.75, 3.05) is 0 Å². The van der Waals surface area contributed by atoms with Crippen molar-refractivity contribution in [1.29, 1.82) is 5.26 Å². The van der Waals surface area contributed by atoms with Gasteiger partial charge in [0, 0.05) is 5.39 Å². The number of esters is 1. The lowest BCUT2D eigenvalue weighted by atomic mass is 9.83. The maximum atomic E-state index is 13.5. The van der Waals surface area contributed by atoms with Crippen molar-refractivity contribution in [3.05, 3.63) is 65.2 Å². The molecule has 1 N–H and O–H groups in total. The predicted octanol–water partition coefficient (Wildman–Crippen LogP) is 5.20. The van der Waals surface area contributed by atoms with Gasteiger partial charge < -0.3 is 14.5 Å². The van der Waals surface area contributed by atoms with Crippen LogP contribution in [0.15, 0.2) is 47.1 Å². The molecule has 2 heterocycles. The van der Waals surface area contributed by atoms with Gasteiger partial charge in [0.25, 0.3) is 5.91 Å². The summed E-state index contributed by atoms with van der Waals surface area (Å²) in [6.45, 7) is 1.55. The van der Waals surface area contributed by atoms with Gasteiger partial charge >= 0.3 is 5.97 Å². The molecule has 7 nitrogen and oxygen atoms in total. The number of para-hydroxylation sites is 1. The number of hydrogen-bond acceptors (Lipinski definition) is 6. The fourth-order valence-corrected chi connectivity index (χ4v) is 5.09. The van der Waals surface area contributed by atoms with E-state index in [2.05, 4.69) is 11.4 Å². The summed E-state index contributed by atoms with van der Waals surface area (Å²) in [4.78, 5) is 31.2. The average molecular weight is 470 g/mol. The molecule has 1 fully saturated rings. The number of benzene rings is 1. The first-order valence-corrected chi connectivity index (χ1v) is 12.1. The van der Waals surface area contributed by atoms with E-state index < -0.39 is 23.5 Å². The number of hydrogen-bond donors (Lipinski definition) is 1. The summed E-state index contributed by atoms with van der Waals surface area (Å²) in [5.41, 5.74) is 2.82. The van der Waals surface area contributed by atoms with Crippen molar-refractivity contribution in [3.63, 3.8) is 0 Å². The predicted molar refractivity (Wildman–Crippen MR) is 131 cm³/mol. The Kier molecular flexibility index (Phi) is 6.12. The highest BCUT2D eigenvalue weighted by molar-refractivity contribution is 6.07. The summed E-state index contributed by atoms with van der Waals surface area (Å²) in [6, 6.07) is 13.4. The van der Waals surface area contributed by atoms with Gasteiger partial charge in [-0.15, -0.1) is 0 Å². The fourth-order valence-electron chi connectivity index (χ4n) is 5.09. The van der Waals surface area contributed by atoms with E-state index in [1.165, 1.54) is 0 Å². The number of fused-ring (bicyclic) bond motifs is 2. The zero-order chi connectivity index (χ0) is 24.4. The molecule has 0 unspecified atom stereocenters. The van der Waals surface area contributed by atoms with Crippen LogP contribution in [0.25, 0.3) is 22.6 Å². The van der Waals surface area contributed by atoms with Crippen molar-refractivity contribution < 1.29 is 18.7 Å². The van der Waals surface area contributed by atoms with E-state index in [1.807, 2.05) is 42.5 Å². The van der Waals surface area contributed by atoms with Crippen LogP contribution >= 0.6 is 0 Å². The second-order valence-electron chi connectivity index (χ2n) is 9.31. The Morgan fingerprint density at radius 2 is 1.97 bits per heavy atom. The Labute approximate surface area is 203 Å². The number of carbonyl (C=O) groups excluding carboxylic acids is 2. The molecule has 0 aliphatic heterocycles. The summed E-state index contributed by atoms with van der Waals surface area (Å²) >= 11 is 0. The molecule has 0 radical (unpaired) electrons. The number of pyridine rings is 1. The van der Waals surface area contributed by atoms with Gasteiger partial charge in [-0.3, -0.25) is 4.79 Å². The first-order valence-electron chi connectivity index (χ1n) is 12.1. The van der Waals surface area contributed by atoms with Crippen molar-refractivity contribution in [2.45, 2.75) is 63.5 Å². The molecule has 1 atom stereocenters. The van der Waals surface area contributed by atoms with Crippen LogP contribution in [0.1, 0.15) is 72.8 Å². The van der Waals surface area contributed by atoms with Gasteiger partial charge in [-0.25, -0.2) is 9.78 Å². The Morgan fingerprint density at radius 1 is 1.17 bits per heavy atom.